The molecule has 0 fully saturated rings. The van der Waals surface area contributed by atoms with Crippen LogP contribution in [-0.2, 0) is 21.2 Å². The van der Waals surface area contributed by atoms with Gasteiger partial charge in [0, 0.05) is 25.1 Å². The highest BCUT2D eigenvalue weighted by atomic mass is 32.2. The van der Waals surface area contributed by atoms with Gasteiger partial charge in [0.2, 0.25) is 0 Å². The molecule has 0 aliphatic rings. The summed E-state index contributed by atoms with van der Waals surface area (Å²) in [5.41, 5.74) is 0. The zero-order valence-electron chi connectivity index (χ0n) is 13.3. The lowest BCUT2D eigenvalue weighted by Crippen LogP contribution is -2.36. The van der Waals surface area contributed by atoms with Crippen LogP contribution in [0.2, 0.25) is 0 Å². The molecule has 1 heterocycles. The number of ether oxygens (including phenoxy) is 1. The predicted octanol–water partition coefficient (Wildman–Crippen LogP) is 1.80. The third-order valence-electron chi connectivity index (χ3n) is 2.97. The predicted molar refractivity (Wildman–Crippen MR) is 87.4 cm³/mol. The molecule has 0 atom stereocenters. The van der Waals surface area contributed by atoms with Gasteiger partial charge in [-0.2, -0.15) is 4.31 Å². The lowest BCUT2D eigenvalue weighted by Gasteiger charge is -2.22. The highest BCUT2D eigenvalue weighted by Gasteiger charge is 2.26. The Bertz CT molecular complexity index is 512. The molecule has 0 saturated carbocycles. The first-order chi connectivity index (χ1) is 9.91. The summed E-state index contributed by atoms with van der Waals surface area (Å²) >= 11 is 1.36. The second kappa shape index (κ2) is 8.85. The Balaban J connectivity index is 2.90. The Labute approximate surface area is 132 Å². The van der Waals surface area contributed by atoms with Crippen molar-refractivity contribution >= 4 is 21.4 Å². The van der Waals surface area contributed by atoms with E-state index < -0.39 is 10.0 Å². The van der Waals surface area contributed by atoms with Crippen LogP contribution >= 0.6 is 11.3 Å². The minimum atomic E-state index is -3.42. The Morgan fingerprint density at radius 2 is 2.10 bits per heavy atom. The quantitative estimate of drug-likeness (QED) is 0.709. The molecule has 0 spiro atoms. The van der Waals surface area contributed by atoms with E-state index >= 15 is 0 Å². The van der Waals surface area contributed by atoms with Gasteiger partial charge in [-0.3, -0.25) is 0 Å². The van der Waals surface area contributed by atoms with Crippen molar-refractivity contribution < 1.29 is 13.2 Å². The van der Waals surface area contributed by atoms with Crippen molar-refractivity contribution in [2.45, 2.75) is 24.5 Å². The zero-order valence-corrected chi connectivity index (χ0v) is 14.9. The number of nitrogens with one attached hydrogen (secondary N) is 1. The summed E-state index contributed by atoms with van der Waals surface area (Å²) in [7, 11) is 0.0526. The van der Waals surface area contributed by atoms with Crippen molar-refractivity contribution in [1.29, 1.82) is 0 Å². The van der Waals surface area contributed by atoms with Gasteiger partial charge in [0.05, 0.1) is 6.61 Å². The minimum Gasteiger partial charge on any atom is -0.383 e. The summed E-state index contributed by atoms with van der Waals surface area (Å²) in [6, 6.07) is 3.61. The van der Waals surface area contributed by atoms with Crippen LogP contribution in [0.3, 0.4) is 0 Å². The second-order valence-corrected chi connectivity index (χ2v) is 8.66. The van der Waals surface area contributed by atoms with Gasteiger partial charge < -0.3 is 10.1 Å². The van der Waals surface area contributed by atoms with Crippen LogP contribution in [-0.4, -0.2) is 53.1 Å². The monoisotopic (exact) mass is 334 g/mol. The van der Waals surface area contributed by atoms with Gasteiger partial charge >= 0.3 is 0 Å². The van der Waals surface area contributed by atoms with E-state index in [1.165, 1.54) is 15.6 Å². The summed E-state index contributed by atoms with van der Waals surface area (Å²) in [6.07, 6.45) is 0.846. The van der Waals surface area contributed by atoms with Crippen molar-refractivity contribution in [2.75, 3.05) is 40.4 Å². The summed E-state index contributed by atoms with van der Waals surface area (Å²) in [5, 5.41) is 3.07. The number of rotatable bonds is 10. The number of likely N-dealkylation sites (N-methyl/N-ethyl adjacent to an activating group) is 1. The van der Waals surface area contributed by atoms with E-state index in [1.807, 2.05) is 27.0 Å². The molecule has 0 bridgehead atoms. The standard InChI is InChI=1S/C14H26N2O3S2/c1-12(2)11-16(9-10-19-4)21(17,18)14-6-5-13(20-14)7-8-15-3/h5-6,12,15H,7-11H2,1-4H3. The molecule has 0 aromatic carbocycles. The Morgan fingerprint density at radius 3 is 2.67 bits per heavy atom. The van der Waals surface area contributed by atoms with E-state index in [9.17, 15) is 8.42 Å². The highest BCUT2D eigenvalue weighted by molar-refractivity contribution is 7.91. The molecule has 0 aliphatic heterocycles. The number of hydrogen-bond acceptors (Lipinski definition) is 5. The summed E-state index contributed by atoms with van der Waals surface area (Å²) in [4.78, 5) is 1.08. The van der Waals surface area contributed by atoms with Crippen LogP contribution < -0.4 is 5.32 Å². The molecule has 0 amide bonds. The van der Waals surface area contributed by atoms with Crippen molar-refractivity contribution in [3.05, 3.63) is 17.0 Å². The molecule has 7 heteroatoms. The first-order valence-corrected chi connectivity index (χ1v) is 9.39. The van der Waals surface area contributed by atoms with Crippen LogP contribution in [0.4, 0.5) is 0 Å². The minimum absolute atomic E-state index is 0.278. The van der Waals surface area contributed by atoms with Gasteiger partial charge in [0.25, 0.3) is 10.0 Å². The van der Waals surface area contributed by atoms with Crippen LogP contribution in [0.25, 0.3) is 0 Å². The second-order valence-electron chi connectivity index (χ2n) is 5.32. The van der Waals surface area contributed by atoms with E-state index in [0.29, 0.717) is 23.9 Å². The Morgan fingerprint density at radius 1 is 1.38 bits per heavy atom. The Kier molecular flexibility index (Phi) is 7.83. The number of hydrogen-bond donors (Lipinski definition) is 1. The van der Waals surface area contributed by atoms with Gasteiger partial charge in [-0.15, -0.1) is 11.3 Å². The molecule has 5 nitrogen and oxygen atoms in total. The topological polar surface area (TPSA) is 58.6 Å². The van der Waals surface area contributed by atoms with Crippen LogP contribution in [0, 0.1) is 5.92 Å². The van der Waals surface area contributed by atoms with Crippen LogP contribution in [0.15, 0.2) is 16.3 Å². The van der Waals surface area contributed by atoms with Crippen molar-refractivity contribution in [1.82, 2.24) is 9.62 Å². The van der Waals surface area contributed by atoms with Crippen molar-refractivity contribution in [3.63, 3.8) is 0 Å². The van der Waals surface area contributed by atoms with Gasteiger partial charge in [-0.05, 0) is 38.1 Å². The molecule has 1 rings (SSSR count). The summed E-state index contributed by atoms with van der Waals surface area (Å²) in [6.45, 7) is 6.18. The van der Waals surface area contributed by atoms with E-state index in [0.717, 1.165) is 17.8 Å². The fourth-order valence-electron chi connectivity index (χ4n) is 1.92. The lowest BCUT2D eigenvalue weighted by atomic mass is 10.2. The largest absolute Gasteiger partial charge is 0.383 e. The average molecular weight is 335 g/mol. The van der Waals surface area contributed by atoms with E-state index in [1.54, 1.807) is 13.2 Å². The van der Waals surface area contributed by atoms with Gasteiger partial charge in [0.1, 0.15) is 4.21 Å². The summed E-state index contributed by atoms with van der Waals surface area (Å²) in [5.74, 6) is 0.278. The number of nitrogens with zero attached hydrogens (tertiary/aromatic N) is 1. The molecule has 0 saturated heterocycles. The molecule has 122 valence electrons. The van der Waals surface area contributed by atoms with Crippen molar-refractivity contribution in [3.8, 4) is 0 Å². The molecule has 1 N–H and O–H groups in total. The third kappa shape index (κ3) is 5.67. The SMILES string of the molecule is CNCCc1ccc(S(=O)(=O)N(CCOC)CC(C)C)s1. The Hall–Kier alpha value is -0.470. The van der Waals surface area contributed by atoms with Gasteiger partial charge in [-0.1, -0.05) is 13.8 Å². The molecule has 1 aromatic rings. The highest BCUT2D eigenvalue weighted by Crippen LogP contribution is 2.25. The van der Waals surface area contributed by atoms with Gasteiger partial charge in [-0.25, -0.2) is 8.42 Å². The normalized spacial score (nSPS) is 12.5. The molecule has 0 unspecified atom stereocenters. The molecular formula is C14H26N2O3S2. The van der Waals surface area contributed by atoms with E-state index in [2.05, 4.69) is 5.32 Å². The van der Waals surface area contributed by atoms with E-state index in [4.69, 9.17) is 4.74 Å². The smallest absolute Gasteiger partial charge is 0.252 e. The van der Waals surface area contributed by atoms with Crippen LogP contribution in [0.5, 0.6) is 0 Å². The number of methoxy groups -OCH3 is 1. The fraction of sp³-hybridized carbons (Fsp3) is 0.714. The molecule has 1 aromatic heterocycles. The maximum atomic E-state index is 12.7. The van der Waals surface area contributed by atoms with Crippen molar-refractivity contribution in [2.24, 2.45) is 5.92 Å². The average Bonchev–Trinajstić information content (AvgIpc) is 2.90. The molecule has 0 aliphatic carbocycles. The molecular weight excluding hydrogens is 308 g/mol. The first kappa shape index (κ1) is 18.6. The molecule has 21 heavy (non-hydrogen) atoms. The maximum absolute atomic E-state index is 12.7. The zero-order chi connectivity index (χ0) is 15.9. The maximum Gasteiger partial charge on any atom is 0.252 e. The van der Waals surface area contributed by atoms with Gasteiger partial charge in [0.15, 0.2) is 0 Å². The fourth-order valence-corrected chi connectivity index (χ4v) is 5.01. The van der Waals surface area contributed by atoms with Crippen LogP contribution in [0.1, 0.15) is 18.7 Å². The first-order valence-electron chi connectivity index (χ1n) is 7.14. The molecule has 0 radical (unpaired) electrons. The lowest BCUT2D eigenvalue weighted by molar-refractivity contribution is 0.175. The number of sulfonamides is 1. The number of thiophene rings is 1. The summed E-state index contributed by atoms with van der Waals surface area (Å²) < 4.78 is 32.4. The third-order valence-corrected chi connectivity index (χ3v) is 6.44. The van der Waals surface area contributed by atoms with E-state index in [-0.39, 0.29) is 5.92 Å².